The molecule has 2 aromatic rings. The van der Waals surface area contributed by atoms with Gasteiger partial charge in [-0.2, -0.15) is 4.98 Å². The molecule has 3 saturated heterocycles. The first-order valence-corrected chi connectivity index (χ1v) is 9.31. The van der Waals surface area contributed by atoms with Gasteiger partial charge in [-0.15, -0.1) is 12.4 Å². The lowest BCUT2D eigenvalue weighted by atomic mass is 9.79. The van der Waals surface area contributed by atoms with E-state index in [9.17, 15) is 9.90 Å². The van der Waals surface area contributed by atoms with Crippen molar-refractivity contribution in [2.75, 3.05) is 31.1 Å². The molecule has 5 rings (SSSR count). The number of halogens is 1. The first-order valence-electron chi connectivity index (χ1n) is 9.31. The van der Waals surface area contributed by atoms with E-state index in [1.165, 1.54) is 10.5 Å². The van der Waals surface area contributed by atoms with Gasteiger partial charge in [-0.05, 0) is 55.4 Å². The standard InChI is InChI=1S/C19H24N4O3.ClH/c24-19(25)23(10-4-7-14-5-2-1-3-6-14)18-20-17(26-21-18)16-13-22-11-8-15(16)9-12-22;/h1-3,5-6,15-16H,4,7-13H2,(H,24,25);1H. The molecule has 0 radical (unpaired) electrons. The number of rotatable bonds is 6. The lowest BCUT2D eigenvalue weighted by Gasteiger charge is -2.43. The molecule has 1 unspecified atom stereocenters. The summed E-state index contributed by atoms with van der Waals surface area (Å²) in [5, 5.41) is 13.5. The number of aryl methyl sites for hydroxylation is 1. The second-order valence-electron chi connectivity index (χ2n) is 7.20. The first kappa shape index (κ1) is 19.6. The third-order valence-electron chi connectivity index (χ3n) is 5.57. The van der Waals surface area contributed by atoms with E-state index in [0.29, 0.717) is 24.8 Å². The second-order valence-corrected chi connectivity index (χ2v) is 7.20. The van der Waals surface area contributed by atoms with Crippen LogP contribution in [0.15, 0.2) is 34.9 Å². The summed E-state index contributed by atoms with van der Waals surface area (Å²) in [5.74, 6) is 1.56. The Morgan fingerprint density at radius 3 is 2.63 bits per heavy atom. The smallest absolute Gasteiger partial charge is 0.414 e. The summed E-state index contributed by atoms with van der Waals surface area (Å²) in [4.78, 5) is 19.7. The molecule has 3 fully saturated rings. The largest absolute Gasteiger partial charge is 0.465 e. The number of anilines is 1. The van der Waals surface area contributed by atoms with Crippen LogP contribution in [0.1, 0.15) is 36.6 Å². The highest BCUT2D eigenvalue weighted by Crippen LogP contribution is 2.38. The summed E-state index contributed by atoms with van der Waals surface area (Å²) in [6.07, 6.45) is 2.79. The summed E-state index contributed by atoms with van der Waals surface area (Å²) in [6.45, 7) is 3.57. The second kappa shape index (κ2) is 8.71. The van der Waals surface area contributed by atoms with Gasteiger partial charge < -0.3 is 14.5 Å². The predicted molar refractivity (Wildman–Crippen MR) is 104 cm³/mol. The summed E-state index contributed by atoms with van der Waals surface area (Å²) in [7, 11) is 0. The zero-order valence-electron chi connectivity index (χ0n) is 15.2. The van der Waals surface area contributed by atoms with Gasteiger partial charge in [-0.3, -0.25) is 0 Å². The van der Waals surface area contributed by atoms with Gasteiger partial charge in [0.2, 0.25) is 5.89 Å². The normalized spacial score (nSPS) is 23.6. The minimum atomic E-state index is -1.04. The quantitative estimate of drug-likeness (QED) is 0.811. The number of nitrogens with zero attached hydrogens (tertiary/aromatic N) is 4. The van der Waals surface area contributed by atoms with Crippen molar-refractivity contribution in [3.63, 3.8) is 0 Å². The highest BCUT2D eigenvalue weighted by molar-refractivity contribution is 5.85. The third-order valence-corrected chi connectivity index (χ3v) is 5.57. The minimum absolute atomic E-state index is 0. The Bertz CT molecular complexity index is 746. The molecule has 146 valence electrons. The number of benzene rings is 1. The maximum absolute atomic E-state index is 11.7. The first-order chi connectivity index (χ1) is 12.7. The fraction of sp³-hybridized carbons (Fsp3) is 0.526. The highest BCUT2D eigenvalue weighted by Gasteiger charge is 2.38. The molecule has 1 amide bonds. The third kappa shape index (κ3) is 4.42. The summed E-state index contributed by atoms with van der Waals surface area (Å²) in [6, 6.07) is 10.0. The molecule has 2 bridgehead atoms. The van der Waals surface area contributed by atoms with Crippen LogP contribution in [-0.2, 0) is 6.42 Å². The SMILES string of the molecule is Cl.O=C(O)N(CCCc1ccccc1)c1noc(C2CN3CCC2CC3)n1. The number of carbonyl (C=O) groups is 1. The summed E-state index contributed by atoms with van der Waals surface area (Å²) in [5.41, 5.74) is 1.19. The molecule has 3 aliphatic rings. The van der Waals surface area contributed by atoms with Gasteiger partial charge in [-0.1, -0.05) is 30.3 Å². The maximum Gasteiger partial charge on any atom is 0.414 e. The van der Waals surface area contributed by atoms with Gasteiger partial charge in [0, 0.05) is 13.1 Å². The Morgan fingerprint density at radius 1 is 1.26 bits per heavy atom. The zero-order valence-corrected chi connectivity index (χ0v) is 16.0. The average Bonchev–Trinajstić information content (AvgIpc) is 3.16. The van der Waals surface area contributed by atoms with Crippen LogP contribution in [0.4, 0.5) is 10.7 Å². The van der Waals surface area contributed by atoms with E-state index in [4.69, 9.17) is 4.52 Å². The van der Waals surface area contributed by atoms with Crippen LogP contribution >= 0.6 is 12.4 Å². The number of hydrogen-bond acceptors (Lipinski definition) is 5. The predicted octanol–water partition coefficient (Wildman–Crippen LogP) is 3.42. The number of aromatic nitrogens is 2. The van der Waals surface area contributed by atoms with E-state index in [1.807, 2.05) is 30.3 Å². The molecular formula is C19H25ClN4O3. The summed E-state index contributed by atoms with van der Waals surface area (Å²) >= 11 is 0. The molecule has 4 heterocycles. The van der Waals surface area contributed by atoms with E-state index in [-0.39, 0.29) is 24.3 Å². The van der Waals surface area contributed by atoms with Gasteiger partial charge in [0.05, 0.1) is 5.92 Å². The van der Waals surface area contributed by atoms with E-state index >= 15 is 0 Å². The molecular weight excluding hydrogens is 368 g/mol. The Kier molecular flexibility index (Phi) is 6.34. The molecule has 8 heteroatoms. The Labute approximate surface area is 164 Å². The highest BCUT2D eigenvalue weighted by atomic mass is 35.5. The molecule has 1 aromatic carbocycles. The van der Waals surface area contributed by atoms with Crippen molar-refractivity contribution in [3.05, 3.63) is 41.8 Å². The van der Waals surface area contributed by atoms with Crippen LogP contribution in [-0.4, -0.2) is 52.4 Å². The van der Waals surface area contributed by atoms with E-state index in [1.54, 1.807) is 0 Å². The lowest BCUT2D eigenvalue weighted by molar-refractivity contribution is 0.0727. The Hall–Kier alpha value is -2.12. The minimum Gasteiger partial charge on any atom is -0.465 e. The van der Waals surface area contributed by atoms with Crippen molar-refractivity contribution in [1.29, 1.82) is 0 Å². The van der Waals surface area contributed by atoms with E-state index in [0.717, 1.165) is 38.9 Å². The Balaban J connectivity index is 0.00000210. The number of fused-ring (bicyclic) bond motifs is 3. The monoisotopic (exact) mass is 392 g/mol. The molecule has 0 saturated carbocycles. The van der Waals surface area contributed by atoms with Crippen LogP contribution < -0.4 is 4.90 Å². The van der Waals surface area contributed by atoms with Gasteiger partial charge >= 0.3 is 6.09 Å². The molecule has 1 atom stereocenters. The van der Waals surface area contributed by atoms with Gasteiger partial charge in [-0.25, -0.2) is 9.69 Å². The molecule has 0 aliphatic carbocycles. The fourth-order valence-electron chi connectivity index (χ4n) is 4.10. The van der Waals surface area contributed by atoms with Gasteiger partial charge in [0.1, 0.15) is 0 Å². The van der Waals surface area contributed by atoms with Crippen molar-refractivity contribution in [3.8, 4) is 0 Å². The van der Waals surface area contributed by atoms with E-state index in [2.05, 4.69) is 15.0 Å². The van der Waals surface area contributed by atoms with Crippen molar-refractivity contribution in [2.24, 2.45) is 5.92 Å². The number of piperidine rings is 3. The number of hydrogen-bond donors (Lipinski definition) is 1. The zero-order chi connectivity index (χ0) is 17.9. The maximum atomic E-state index is 11.7. The van der Waals surface area contributed by atoms with Crippen LogP contribution in [0.5, 0.6) is 0 Å². The van der Waals surface area contributed by atoms with E-state index < -0.39 is 6.09 Å². The topological polar surface area (TPSA) is 82.7 Å². The number of amides is 1. The van der Waals surface area contributed by atoms with Crippen LogP contribution in [0, 0.1) is 5.92 Å². The molecule has 1 aromatic heterocycles. The van der Waals surface area contributed by atoms with Gasteiger partial charge in [0.15, 0.2) is 0 Å². The Morgan fingerprint density at radius 2 is 2.00 bits per heavy atom. The van der Waals surface area contributed by atoms with Crippen LogP contribution in [0.3, 0.4) is 0 Å². The molecule has 1 N–H and O–H groups in total. The van der Waals surface area contributed by atoms with Crippen molar-refractivity contribution >= 4 is 24.4 Å². The van der Waals surface area contributed by atoms with Crippen molar-refractivity contribution < 1.29 is 14.4 Å². The lowest BCUT2D eigenvalue weighted by Crippen LogP contribution is -2.46. The van der Waals surface area contributed by atoms with Crippen LogP contribution in [0.25, 0.3) is 0 Å². The average molecular weight is 393 g/mol. The molecule has 0 spiro atoms. The molecule has 7 nitrogen and oxygen atoms in total. The van der Waals surface area contributed by atoms with Gasteiger partial charge in [0.25, 0.3) is 5.95 Å². The van der Waals surface area contributed by atoms with Crippen LogP contribution in [0.2, 0.25) is 0 Å². The number of carboxylic acid groups (broad SMARTS) is 1. The summed E-state index contributed by atoms with van der Waals surface area (Å²) < 4.78 is 5.46. The molecule has 27 heavy (non-hydrogen) atoms. The molecule has 3 aliphatic heterocycles. The fourth-order valence-corrected chi connectivity index (χ4v) is 4.10. The van der Waals surface area contributed by atoms with Crippen molar-refractivity contribution in [2.45, 2.75) is 31.6 Å². The van der Waals surface area contributed by atoms with Crippen molar-refractivity contribution in [1.82, 2.24) is 15.0 Å².